The molecular weight excluding hydrogens is 326 g/mol. The Hall–Kier alpha value is -2.05. The zero-order valence-electron chi connectivity index (χ0n) is 13.8. The lowest BCUT2D eigenvalue weighted by molar-refractivity contribution is 0.0357. The Kier molecular flexibility index (Phi) is 5.06. The van der Waals surface area contributed by atoms with Gasteiger partial charge in [0.15, 0.2) is 11.5 Å². The van der Waals surface area contributed by atoms with E-state index in [2.05, 4.69) is 11.4 Å². The van der Waals surface area contributed by atoms with Crippen LogP contribution in [-0.4, -0.2) is 33.3 Å². The van der Waals surface area contributed by atoms with Crippen LogP contribution in [0.25, 0.3) is 0 Å². The molecule has 0 radical (unpaired) electrons. The molecule has 1 N–H and O–H groups in total. The average Bonchev–Trinajstić information content (AvgIpc) is 3.17. The van der Waals surface area contributed by atoms with Gasteiger partial charge in [0.2, 0.25) is 0 Å². The average molecular weight is 347 g/mol. The molecule has 1 aromatic carbocycles. The minimum atomic E-state index is -0.391. The SMILES string of the molecule is COc1cccc(C(=O)NC2(c3cccs3)CCOCC2)c1OC. The van der Waals surface area contributed by atoms with Crippen LogP contribution in [0.4, 0.5) is 0 Å². The monoisotopic (exact) mass is 347 g/mol. The van der Waals surface area contributed by atoms with Crippen LogP contribution in [0.15, 0.2) is 35.7 Å². The van der Waals surface area contributed by atoms with E-state index in [0.29, 0.717) is 30.3 Å². The molecule has 2 aromatic rings. The Bertz CT molecular complexity index is 693. The first kappa shape index (κ1) is 16.8. The largest absolute Gasteiger partial charge is 0.493 e. The summed E-state index contributed by atoms with van der Waals surface area (Å²) >= 11 is 1.66. The zero-order valence-corrected chi connectivity index (χ0v) is 14.7. The number of rotatable bonds is 5. The number of nitrogens with one attached hydrogen (secondary N) is 1. The van der Waals surface area contributed by atoms with Crippen molar-refractivity contribution >= 4 is 17.2 Å². The molecule has 0 unspecified atom stereocenters. The van der Waals surface area contributed by atoms with Gasteiger partial charge in [0.25, 0.3) is 5.91 Å². The van der Waals surface area contributed by atoms with Gasteiger partial charge >= 0.3 is 0 Å². The second-order valence-electron chi connectivity index (χ2n) is 5.67. The predicted octanol–water partition coefficient (Wildman–Crippen LogP) is 3.20. The molecule has 128 valence electrons. The Morgan fingerprint density at radius 1 is 1.17 bits per heavy atom. The standard InChI is InChI=1S/C18H21NO4S/c1-21-14-6-3-5-13(16(14)22-2)17(20)19-18(8-10-23-11-9-18)15-7-4-12-24-15/h3-7,12H,8-11H2,1-2H3,(H,19,20). The molecule has 1 saturated heterocycles. The number of benzene rings is 1. The molecule has 1 aliphatic rings. The highest BCUT2D eigenvalue weighted by Gasteiger charge is 2.37. The van der Waals surface area contributed by atoms with Gasteiger partial charge in [-0.3, -0.25) is 4.79 Å². The fraction of sp³-hybridized carbons (Fsp3) is 0.389. The van der Waals surface area contributed by atoms with Crippen LogP contribution >= 0.6 is 11.3 Å². The number of thiophene rings is 1. The Balaban J connectivity index is 1.92. The number of para-hydroxylation sites is 1. The summed E-state index contributed by atoms with van der Waals surface area (Å²) in [6.45, 7) is 1.26. The van der Waals surface area contributed by atoms with Gasteiger partial charge in [-0.05, 0) is 36.4 Å². The molecule has 0 spiro atoms. The van der Waals surface area contributed by atoms with Gasteiger partial charge in [-0.15, -0.1) is 11.3 Å². The van der Waals surface area contributed by atoms with E-state index in [4.69, 9.17) is 14.2 Å². The maximum absolute atomic E-state index is 13.0. The molecule has 0 atom stereocenters. The molecule has 2 heterocycles. The highest BCUT2D eigenvalue weighted by Crippen LogP contribution is 2.37. The van der Waals surface area contributed by atoms with Gasteiger partial charge in [-0.2, -0.15) is 0 Å². The van der Waals surface area contributed by atoms with E-state index >= 15 is 0 Å². The number of carbonyl (C=O) groups is 1. The number of ether oxygens (including phenoxy) is 3. The van der Waals surface area contributed by atoms with Crippen molar-refractivity contribution < 1.29 is 19.0 Å². The van der Waals surface area contributed by atoms with Crippen molar-refractivity contribution in [1.82, 2.24) is 5.32 Å². The molecule has 1 amide bonds. The molecule has 1 aromatic heterocycles. The summed E-state index contributed by atoms with van der Waals surface area (Å²) in [5, 5.41) is 5.27. The molecule has 0 aliphatic carbocycles. The lowest BCUT2D eigenvalue weighted by Gasteiger charge is -2.37. The smallest absolute Gasteiger partial charge is 0.255 e. The van der Waals surface area contributed by atoms with Crippen LogP contribution in [0, 0.1) is 0 Å². The van der Waals surface area contributed by atoms with Crippen LogP contribution in [0.3, 0.4) is 0 Å². The van der Waals surface area contributed by atoms with Crippen molar-refractivity contribution in [2.45, 2.75) is 18.4 Å². The van der Waals surface area contributed by atoms with Crippen molar-refractivity contribution in [3.63, 3.8) is 0 Å². The number of amides is 1. The Morgan fingerprint density at radius 3 is 2.58 bits per heavy atom. The van der Waals surface area contributed by atoms with Crippen molar-refractivity contribution in [2.75, 3.05) is 27.4 Å². The van der Waals surface area contributed by atoms with Gasteiger partial charge in [-0.1, -0.05) is 12.1 Å². The van der Waals surface area contributed by atoms with Crippen molar-refractivity contribution in [3.05, 3.63) is 46.2 Å². The first-order chi connectivity index (χ1) is 11.7. The summed E-state index contributed by atoms with van der Waals surface area (Å²) in [4.78, 5) is 14.1. The molecule has 0 saturated carbocycles. The van der Waals surface area contributed by atoms with Crippen LogP contribution in [0.1, 0.15) is 28.1 Å². The third kappa shape index (κ3) is 3.12. The van der Waals surface area contributed by atoms with E-state index in [9.17, 15) is 4.79 Å². The van der Waals surface area contributed by atoms with Crippen LogP contribution < -0.4 is 14.8 Å². The van der Waals surface area contributed by atoms with Crippen LogP contribution in [0.5, 0.6) is 11.5 Å². The minimum Gasteiger partial charge on any atom is -0.493 e. The quantitative estimate of drug-likeness (QED) is 0.902. The fourth-order valence-electron chi connectivity index (χ4n) is 3.05. The molecule has 6 heteroatoms. The Labute approximate surface area is 145 Å². The number of hydrogen-bond donors (Lipinski definition) is 1. The summed E-state index contributed by atoms with van der Waals surface area (Å²) in [6.07, 6.45) is 1.51. The molecule has 0 bridgehead atoms. The highest BCUT2D eigenvalue weighted by atomic mass is 32.1. The molecule has 5 nitrogen and oxygen atoms in total. The summed E-state index contributed by atoms with van der Waals surface area (Å²) in [5.41, 5.74) is 0.0803. The van der Waals surface area contributed by atoms with E-state index in [1.165, 1.54) is 7.11 Å². The zero-order chi connectivity index (χ0) is 17.0. The van der Waals surface area contributed by atoms with Gasteiger partial charge in [0, 0.05) is 18.1 Å². The third-order valence-corrected chi connectivity index (χ3v) is 5.41. The summed E-state index contributed by atoms with van der Waals surface area (Å²) in [6, 6.07) is 9.39. The normalized spacial score (nSPS) is 16.4. The lowest BCUT2D eigenvalue weighted by Crippen LogP contribution is -2.49. The molecule has 1 fully saturated rings. The van der Waals surface area contributed by atoms with E-state index in [-0.39, 0.29) is 5.91 Å². The van der Waals surface area contributed by atoms with Gasteiger partial charge < -0.3 is 19.5 Å². The highest BCUT2D eigenvalue weighted by molar-refractivity contribution is 7.10. The van der Waals surface area contributed by atoms with E-state index in [1.807, 2.05) is 11.4 Å². The second kappa shape index (κ2) is 7.23. The number of methoxy groups -OCH3 is 2. The maximum atomic E-state index is 13.0. The maximum Gasteiger partial charge on any atom is 0.255 e. The molecule has 1 aliphatic heterocycles. The third-order valence-electron chi connectivity index (χ3n) is 4.34. The van der Waals surface area contributed by atoms with Crippen molar-refractivity contribution in [3.8, 4) is 11.5 Å². The van der Waals surface area contributed by atoms with Gasteiger partial charge in [0.05, 0.1) is 25.3 Å². The predicted molar refractivity (Wildman–Crippen MR) is 93.1 cm³/mol. The summed E-state index contributed by atoms with van der Waals surface area (Å²) in [7, 11) is 3.10. The first-order valence-electron chi connectivity index (χ1n) is 7.85. The van der Waals surface area contributed by atoms with Crippen molar-refractivity contribution in [1.29, 1.82) is 0 Å². The van der Waals surface area contributed by atoms with Gasteiger partial charge in [0.1, 0.15) is 0 Å². The summed E-state index contributed by atoms with van der Waals surface area (Å²) < 4.78 is 16.2. The van der Waals surface area contributed by atoms with E-state index in [1.54, 1.807) is 36.6 Å². The lowest BCUT2D eigenvalue weighted by atomic mass is 9.88. The van der Waals surface area contributed by atoms with E-state index < -0.39 is 5.54 Å². The fourth-order valence-corrected chi connectivity index (χ4v) is 4.00. The van der Waals surface area contributed by atoms with Crippen LogP contribution in [-0.2, 0) is 10.3 Å². The topological polar surface area (TPSA) is 56.8 Å². The number of carbonyl (C=O) groups excluding carboxylic acids is 1. The minimum absolute atomic E-state index is 0.166. The Morgan fingerprint density at radius 2 is 1.96 bits per heavy atom. The summed E-state index contributed by atoms with van der Waals surface area (Å²) in [5.74, 6) is 0.828. The first-order valence-corrected chi connectivity index (χ1v) is 8.73. The van der Waals surface area contributed by atoms with Crippen LogP contribution in [0.2, 0.25) is 0 Å². The second-order valence-corrected chi connectivity index (χ2v) is 6.61. The van der Waals surface area contributed by atoms with Gasteiger partial charge in [-0.25, -0.2) is 0 Å². The molecule has 3 rings (SSSR count). The number of hydrogen-bond acceptors (Lipinski definition) is 5. The molecular formula is C18H21NO4S. The molecule has 24 heavy (non-hydrogen) atoms. The van der Waals surface area contributed by atoms with Crippen molar-refractivity contribution in [2.24, 2.45) is 0 Å². The van der Waals surface area contributed by atoms with E-state index in [0.717, 1.165) is 17.7 Å².